The molecule has 0 spiro atoms. The Morgan fingerprint density at radius 2 is 2.10 bits per heavy atom. The number of alkyl halides is 1. The number of hydrogen-bond acceptors (Lipinski definition) is 5. The van der Waals surface area contributed by atoms with Gasteiger partial charge < -0.3 is 19.6 Å². The molecule has 2 bridgehead atoms. The molecule has 3 aliphatic heterocycles. The minimum absolute atomic E-state index is 0.269. The van der Waals surface area contributed by atoms with E-state index in [0.717, 1.165) is 47.4 Å². The van der Waals surface area contributed by atoms with Crippen LogP contribution in [0.5, 0.6) is 0 Å². The number of nitrogens with zero attached hydrogens (tertiary/aromatic N) is 4. The van der Waals surface area contributed by atoms with E-state index in [-0.39, 0.29) is 30.1 Å². The monoisotopic (exact) mass is 552 g/mol. The molecule has 0 radical (unpaired) electrons. The first-order chi connectivity index (χ1) is 19.7. The highest BCUT2D eigenvalue weighted by Crippen LogP contribution is 2.34. The van der Waals surface area contributed by atoms with Crippen molar-refractivity contribution in [2.75, 3.05) is 13.2 Å². The molecule has 2 fully saturated rings. The predicted molar refractivity (Wildman–Crippen MR) is 153 cm³/mol. The minimum atomic E-state index is -0.960. The Labute approximate surface area is 238 Å². The van der Waals surface area contributed by atoms with Crippen LogP contribution in [0.3, 0.4) is 0 Å². The molecule has 6 heterocycles. The molecule has 41 heavy (non-hydrogen) atoms. The molecule has 3 aliphatic rings. The van der Waals surface area contributed by atoms with Crippen molar-refractivity contribution in [2.45, 2.75) is 70.1 Å². The van der Waals surface area contributed by atoms with Crippen LogP contribution >= 0.6 is 0 Å². The molecule has 2 saturated heterocycles. The lowest BCUT2D eigenvalue weighted by Crippen LogP contribution is -2.49. The normalized spacial score (nSPS) is 22.5. The Morgan fingerprint density at radius 3 is 2.88 bits per heavy atom. The molecule has 4 atom stereocenters. The maximum absolute atomic E-state index is 14.3. The zero-order valence-electron chi connectivity index (χ0n) is 23.4. The fourth-order valence-electron chi connectivity index (χ4n) is 6.52. The quantitative estimate of drug-likeness (QED) is 0.365. The van der Waals surface area contributed by atoms with Crippen molar-refractivity contribution in [3.8, 4) is 11.8 Å². The summed E-state index contributed by atoms with van der Waals surface area (Å²) in [6.45, 7) is 8.07. The molecule has 9 heteroatoms. The number of H-pyrrole nitrogens is 1. The second-order valence-corrected chi connectivity index (χ2v) is 11.9. The largest absolute Gasteiger partial charge is 0.375 e. The third-order valence-corrected chi connectivity index (χ3v) is 8.52. The zero-order valence-corrected chi connectivity index (χ0v) is 23.4. The van der Waals surface area contributed by atoms with Gasteiger partial charge >= 0.3 is 0 Å². The molecule has 3 aromatic heterocycles. The summed E-state index contributed by atoms with van der Waals surface area (Å²) in [6, 6.07) is 13.4. The van der Waals surface area contributed by atoms with Crippen molar-refractivity contribution in [1.82, 2.24) is 29.7 Å². The van der Waals surface area contributed by atoms with Gasteiger partial charge in [0.15, 0.2) is 0 Å². The van der Waals surface area contributed by atoms with Crippen molar-refractivity contribution < 1.29 is 13.9 Å². The van der Waals surface area contributed by atoms with Gasteiger partial charge in [-0.25, -0.2) is 14.4 Å². The van der Waals surface area contributed by atoms with Gasteiger partial charge in [0, 0.05) is 47.2 Å². The Kier molecular flexibility index (Phi) is 6.21. The standard InChI is InChI=1S/C32H33FN6O2/c1-19-10-20(8-9-32(2,3)39-16-24-14-23(39)17-41-24)11-27(35-19)31(40)37-29(26-12-21-6-4-5-7-25(21)36-26)30-28-13-22(33)15-38(28)18-34-30/h4-7,10-12,18,22-24,29,36H,13-17H2,1-3H3,(H,37,40)/t22-,23+,24+,29?/m1/s1. The van der Waals surface area contributed by atoms with Crippen LogP contribution in [0.2, 0.25) is 0 Å². The molecule has 0 saturated carbocycles. The molecule has 0 aliphatic carbocycles. The number of aryl methyl sites for hydroxylation is 1. The first-order valence-corrected chi connectivity index (χ1v) is 14.2. The molecule has 7 rings (SSSR count). The maximum atomic E-state index is 14.3. The lowest BCUT2D eigenvalue weighted by molar-refractivity contribution is 0.00266. The van der Waals surface area contributed by atoms with E-state index in [9.17, 15) is 9.18 Å². The van der Waals surface area contributed by atoms with Gasteiger partial charge in [0.1, 0.15) is 17.9 Å². The molecule has 1 amide bonds. The van der Waals surface area contributed by atoms with Crippen molar-refractivity contribution in [2.24, 2.45) is 0 Å². The fourth-order valence-corrected chi connectivity index (χ4v) is 6.52. The third-order valence-electron chi connectivity index (χ3n) is 8.52. The zero-order chi connectivity index (χ0) is 28.3. The molecular formula is C32H33FN6O2. The number of carbonyl (C=O) groups is 1. The number of halogens is 1. The smallest absolute Gasteiger partial charge is 0.270 e. The van der Waals surface area contributed by atoms with Crippen LogP contribution in [0.25, 0.3) is 10.9 Å². The van der Waals surface area contributed by atoms with Crippen LogP contribution in [0, 0.1) is 18.8 Å². The van der Waals surface area contributed by atoms with Crippen LogP contribution < -0.4 is 5.32 Å². The van der Waals surface area contributed by atoms with E-state index >= 15 is 0 Å². The summed E-state index contributed by atoms with van der Waals surface area (Å²) in [5.41, 5.74) is 4.58. The summed E-state index contributed by atoms with van der Waals surface area (Å²) in [5.74, 6) is 6.41. The van der Waals surface area contributed by atoms with Gasteiger partial charge in [-0.3, -0.25) is 9.69 Å². The number of benzene rings is 1. The Hall–Kier alpha value is -4.00. The second-order valence-electron chi connectivity index (χ2n) is 11.9. The number of nitrogens with one attached hydrogen (secondary N) is 2. The highest BCUT2D eigenvalue weighted by atomic mass is 19.1. The summed E-state index contributed by atoms with van der Waals surface area (Å²) >= 11 is 0. The Morgan fingerprint density at radius 1 is 1.24 bits per heavy atom. The van der Waals surface area contributed by atoms with E-state index in [1.165, 1.54) is 0 Å². The SMILES string of the molecule is Cc1cc(C#CC(C)(C)N2C[C@@H]3C[C@H]2CO3)cc(C(=O)NC(c2cc3ccccc3[nH]2)c2ncn3c2C[C@@H](F)C3)n1. The van der Waals surface area contributed by atoms with Crippen LogP contribution in [0.15, 0.2) is 48.8 Å². The third kappa shape index (κ3) is 4.81. The molecule has 1 unspecified atom stereocenters. The van der Waals surface area contributed by atoms with Gasteiger partial charge in [-0.1, -0.05) is 30.0 Å². The van der Waals surface area contributed by atoms with Gasteiger partial charge in [0.2, 0.25) is 0 Å². The number of para-hydroxylation sites is 1. The van der Waals surface area contributed by atoms with Crippen LogP contribution in [-0.2, 0) is 17.7 Å². The number of morpholine rings is 1. The van der Waals surface area contributed by atoms with Crippen LogP contribution in [0.1, 0.15) is 65.1 Å². The van der Waals surface area contributed by atoms with Gasteiger partial charge in [0.05, 0.1) is 36.8 Å². The maximum Gasteiger partial charge on any atom is 0.270 e. The highest BCUT2D eigenvalue weighted by molar-refractivity contribution is 5.93. The van der Waals surface area contributed by atoms with Gasteiger partial charge in [0.25, 0.3) is 5.91 Å². The summed E-state index contributed by atoms with van der Waals surface area (Å²) < 4.78 is 21.9. The number of amides is 1. The van der Waals surface area contributed by atoms with E-state index in [1.807, 2.05) is 47.9 Å². The molecule has 4 aromatic rings. The number of rotatable bonds is 5. The van der Waals surface area contributed by atoms with Gasteiger partial charge in [-0.2, -0.15) is 0 Å². The number of fused-ring (bicyclic) bond motifs is 4. The highest BCUT2D eigenvalue weighted by Gasteiger charge is 2.44. The lowest BCUT2D eigenvalue weighted by Gasteiger charge is -2.37. The topological polar surface area (TPSA) is 88.1 Å². The number of hydrogen-bond donors (Lipinski definition) is 2. The van der Waals surface area contributed by atoms with E-state index in [4.69, 9.17) is 4.74 Å². The van der Waals surface area contributed by atoms with Crippen molar-refractivity contribution in [3.05, 3.63) is 82.8 Å². The number of carbonyl (C=O) groups excluding carboxylic acids is 1. The number of likely N-dealkylation sites (tertiary alicyclic amines) is 1. The van der Waals surface area contributed by atoms with Crippen molar-refractivity contribution in [3.63, 3.8) is 0 Å². The molecular weight excluding hydrogens is 519 g/mol. The van der Waals surface area contributed by atoms with Crippen molar-refractivity contribution in [1.29, 1.82) is 0 Å². The molecule has 2 N–H and O–H groups in total. The molecule has 210 valence electrons. The number of ether oxygens (including phenoxy) is 1. The van der Waals surface area contributed by atoms with Gasteiger partial charge in [-0.05, 0) is 56.8 Å². The second kappa shape index (κ2) is 9.82. The van der Waals surface area contributed by atoms with Crippen molar-refractivity contribution >= 4 is 16.8 Å². The van der Waals surface area contributed by atoms with Crippen LogP contribution in [-0.4, -0.2) is 67.3 Å². The summed E-state index contributed by atoms with van der Waals surface area (Å²) in [6.07, 6.45) is 2.33. The average Bonchev–Trinajstić information content (AvgIpc) is 3.77. The van der Waals surface area contributed by atoms with E-state index in [1.54, 1.807) is 12.4 Å². The molecule has 8 nitrogen and oxygen atoms in total. The first kappa shape index (κ1) is 25.9. The number of aromatic amines is 1. The predicted octanol–water partition coefficient (Wildman–Crippen LogP) is 4.08. The summed E-state index contributed by atoms with van der Waals surface area (Å²) in [5, 5.41) is 4.17. The van der Waals surface area contributed by atoms with E-state index in [2.05, 4.69) is 50.9 Å². The first-order valence-electron chi connectivity index (χ1n) is 14.2. The molecule has 1 aromatic carbocycles. The summed E-state index contributed by atoms with van der Waals surface area (Å²) in [4.78, 5) is 28.7. The average molecular weight is 553 g/mol. The number of imidazole rings is 1. The fraction of sp³-hybridized carbons (Fsp3) is 0.406. The number of pyridine rings is 1. The minimum Gasteiger partial charge on any atom is -0.375 e. The number of aromatic nitrogens is 4. The van der Waals surface area contributed by atoms with Crippen LogP contribution in [0.4, 0.5) is 4.39 Å². The van der Waals surface area contributed by atoms with E-state index in [0.29, 0.717) is 23.5 Å². The Balaban J connectivity index is 1.19. The van der Waals surface area contributed by atoms with Gasteiger partial charge in [-0.15, -0.1) is 0 Å². The Bertz CT molecular complexity index is 1680. The summed E-state index contributed by atoms with van der Waals surface area (Å²) in [7, 11) is 0. The lowest BCUT2D eigenvalue weighted by atomic mass is 10.0. The van der Waals surface area contributed by atoms with E-state index < -0.39 is 12.2 Å².